The quantitative estimate of drug-likeness (QED) is 0.522. The minimum atomic E-state index is -0.0845. The van der Waals surface area contributed by atoms with Gasteiger partial charge in [-0.3, -0.25) is 4.79 Å². The zero-order chi connectivity index (χ0) is 20.8. The molecule has 0 aliphatic rings. The van der Waals surface area contributed by atoms with Gasteiger partial charge in [0.2, 0.25) is 5.91 Å². The van der Waals surface area contributed by atoms with Crippen LogP contribution in [0.4, 0.5) is 0 Å². The molecule has 3 rings (SSSR count). The van der Waals surface area contributed by atoms with Crippen molar-refractivity contribution >= 4 is 16.8 Å². The van der Waals surface area contributed by atoms with E-state index in [1.807, 2.05) is 18.2 Å². The fourth-order valence-corrected chi connectivity index (χ4v) is 3.87. The van der Waals surface area contributed by atoms with Crippen molar-refractivity contribution in [3.05, 3.63) is 65.4 Å². The van der Waals surface area contributed by atoms with Crippen molar-refractivity contribution in [2.45, 2.75) is 25.7 Å². The van der Waals surface area contributed by atoms with Crippen molar-refractivity contribution in [3.8, 4) is 5.75 Å². The van der Waals surface area contributed by atoms with Crippen LogP contribution in [0.3, 0.4) is 0 Å². The number of likely N-dealkylation sites (N-methyl/N-ethyl adjacent to an activating group) is 1. The fraction of sp³-hybridized carbons (Fsp3) is 0.375. The first-order valence-corrected chi connectivity index (χ1v) is 10.3. The summed E-state index contributed by atoms with van der Waals surface area (Å²) in [5.41, 5.74) is 4.60. The molecule has 0 bridgehead atoms. The van der Waals surface area contributed by atoms with E-state index < -0.39 is 0 Å². The lowest BCUT2D eigenvalue weighted by atomic mass is 9.87. The van der Waals surface area contributed by atoms with E-state index in [0.29, 0.717) is 13.0 Å². The van der Waals surface area contributed by atoms with Crippen LogP contribution < -0.4 is 15.0 Å². The van der Waals surface area contributed by atoms with Crippen LogP contribution in [0.2, 0.25) is 0 Å². The number of aromatic nitrogens is 1. The zero-order valence-corrected chi connectivity index (χ0v) is 17.8. The Morgan fingerprint density at radius 3 is 2.66 bits per heavy atom. The van der Waals surface area contributed by atoms with Crippen LogP contribution in [0.25, 0.3) is 10.9 Å². The van der Waals surface area contributed by atoms with E-state index in [9.17, 15) is 4.79 Å². The molecule has 0 saturated carbocycles. The van der Waals surface area contributed by atoms with E-state index in [1.54, 1.807) is 7.11 Å². The lowest BCUT2D eigenvalue weighted by molar-refractivity contribution is -0.856. The first kappa shape index (κ1) is 20.9. The van der Waals surface area contributed by atoms with Gasteiger partial charge >= 0.3 is 0 Å². The summed E-state index contributed by atoms with van der Waals surface area (Å²) >= 11 is 0. The van der Waals surface area contributed by atoms with E-state index in [2.05, 4.69) is 61.8 Å². The summed E-state index contributed by atoms with van der Waals surface area (Å²) in [5.74, 6) is 0.783. The number of quaternary nitrogens is 1. The average molecular weight is 395 g/mol. The molecule has 1 aromatic heterocycles. The first-order chi connectivity index (χ1) is 14.0. The SMILES string of the molecule is CCc1cccc2c([C@H](CC(=O)NCC[NH+](C)C)c3ccccc3OC)c[nH]c12. The molecule has 0 radical (unpaired) electrons. The normalized spacial score (nSPS) is 12.3. The number of H-pyrrole nitrogens is 1. The summed E-state index contributed by atoms with van der Waals surface area (Å²) < 4.78 is 5.63. The molecular weight excluding hydrogens is 362 g/mol. The van der Waals surface area contributed by atoms with Gasteiger partial charge in [-0.1, -0.05) is 43.3 Å². The molecule has 0 aliphatic heterocycles. The molecule has 0 fully saturated rings. The predicted molar refractivity (Wildman–Crippen MR) is 118 cm³/mol. The molecule has 29 heavy (non-hydrogen) atoms. The molecule has 2 aromatic carbocycles. The summed E-state index contributed by atoms with van der Waals surface area (Å²) in [5, 5.41) is 4.25. The molecule has 0 aliphatic carbocycles. The summed E-state index contributed by atoms with van der Waals surface area (Å²) in [7, 11) is 5.85. The van der Waals surface area contributed by atoms with E-state index >= 15 is 0 Å². The Kier molecular flexibility index (Phi) is 6.94. The Balaban J connectivity index is 1.99. The molecule has 1 atom stereocenters. The lowest BCUT2D eigenvalue weighted by Gasteiger charge is -2.20. The van der Waals surface area contributed by atoms with Crippen molar-refractivity contribution in [1.82, 2.24) is 10.3 Å². The number of fused-ring (bicyclic) bond motifs is 1. The maximum atomic E-state index is 12.8. The minimum Gasteiger partial charge on any atom is -0.496 e. The van der Waals surface area contributed by atoms with E-state index in [4.69, 9.17) is 4.74 Å². The highest BCUT2D eigenvalue weighted by atomic mass is 16.5. The monoisotopic (exact) mass is 394 g/mol. The number of ether oxygens (including phenoxy) is 1. The molecule has 3 N–H and O–H groups in total. The molecule has 1 heterocycles. The van der Waals surface area contributed by atoms with Crippen LogP contribution in [-0.2, 0) is 11.2 Å². The third-order valence-corrected chi connectivity index (χ3v) is 5.44. The Bertz CT molecular complexity index is 962. The highest BCUT2D eigenvalue weighted by Crippen LogP contribution is 2.38. The molecule has 5 heteroatoms. The Morgan fingerprint density at radius 2 is 1.93 bits per heavy atom. The standard InChI is InChI=1S/C24H31N3O2/c1-5-17-9-8-11-19-21(16-26-24(17)19)20(15-23(28)25-13-14-27(2)3)18-10-6-7-12-22(18)29-4/h6-12,16,20,26H,5,13-15H2,1-4H3,(H,25,28)/p+1/t20-/m1/s1. The molecule has 0 unspecified atom stereocenters. The summed E-state index contributed by atoms with van der Waals surface area (Å²) in [6.07, 6.45) is 3.40. The van der Waals surface area contributed by atoms with Gasteiger partial charge in [-0.15, -0.1) is 0 Å². The highest BCUT2D eigenvalue weighted by molar-refractivity contribution is 5.88. The number of aromatic amines is 1. The number of carbonyl (C=O) groups is 1. The predicted octanol–water partition coefficient (Wildman–Crippen LogP) is 2.52. The van der Waals surface area contributed by atoms with Crippen LogP contribution in [0, 0.1) is 0 Å². The Labute approximate surface area is 173 Å². The summed E-state index contributed by atoms with van der Waals surface area (Å²) in [6.45, 7) is 3.73. The number of hydrogen-bond acceptors (Lipinski definition) is 2. The molecule has 0 saturated heterocycles. The number of para-hydroxylation sites is 2. The minimum absolute atomic E-state index is 0.0585. The number of benzene rings is 2. The fourth-order valence-electron chi connectivity index (χ4n) is 3.87. The van der Waals surface area contributed by atoms with Gasteiger partial charge in [-0.25, -0.2) is 0 Å². The van der Waals surface area contributed by atoms with Crippen molar-refractivity contribution in [3.63, 3.8) is 0 Å². The van der Waals surface area contributed by atoms with Gasteiger partial charge in [0.05, 0.1) is 34.3 Å². The van der Waals surface area contributed by atoms with Gasteiger partial charge in [0, 0.05) is 35.0 Å². The number of aryl methyl sites for hydroxylation is 1. The van der Waals surface area contributed by atoms with Crippen molar-refractivity contribution < 1.29 is 14.4 Å². The van der Waals surface area contributed by atoms with Crippen LogP contribution in [-0.4, -0.2) is 45.2 Å². The van der Waals surface area contributed by atoms with Gasteiger partial charge in [-0.05, 0) is 23.6 Å². The van der Waals surface area contributed by atoms with Crippen LogP contribution in [0.1, 0.15) is 36.0 Å². The van der Waals surface area contributed by atoms with Gasteiger partial charge in [-0.2, -0.15) is 0 Å². The molecule has 154 valence electrons. The second-order valence-electron chi connectivity index (χ2n) is 7.74. The molecule has 3 aromatic rings. The topological polar surface area (TPSA) is 58.6 Å². The number of rotatable bonds is 9. The van der Waals surface area contributed by atoms with Crippen molar-refractivity contribution in [1.29, 1.82) is 0 Å². The lowest BCUT2D eigenvalue weighted by Crippen LogP contribution is -3.06. The second kappa shape index (κ2) is 9.61. The Hall–Kier alpha value is -2.79. The van der Waals surface area contributed by atoms with E-state index in [1.165, 1.54) is 15.8 Å². The molecular formula is C24H32N3O2+. The van der Waals surface area contributed by atoms with E-state index in [-0.39, 0.29) is 11.8 Å². The molecule has 5 nitrogen and oxygen atoms in total. The largest absolute Gasteiger partial charge is 0.496 e. The van der Waals surface area contributed by atoms with Crippen molar-refractivity contribution in [2.24, 2.45) is 0 Å². The van der Waals surface area contributed by atoms with Crippen molar-refractivity contribution in [2.75, 3.05) is 34.3 Å². The number of hydrogen-bond donors (Lipinski definition) is 3. The summed E-state index contributed by atoms with van der Waals surface area (Å²) in [6, 6.07) is 14.4. The molecule has 0 spiro atoms. The first-order valence-electron chi connectivity index (χ1n) is 10.3. The number of nitrogens with one attached hydrogen (secondary N) is 3. The van der Waals surface area contributed by atoms with E-state index in [0.717, 1.165) is 35.4 Å². The number of amides is 1. The third-order valence-electron chi connectivity index (χ3n) is 5.44. The van der Waals surface area contributed by atoms with Crippen LogP contribution in [0.5, 0.6) is 5.75 Å². The molecule has 1 amide bonds. The van der Waals surface area contributed by atoms with Gasteiger partial charge in [0.1, 0.15) is 5.75 Å². The third kappa shape index (κ3) is 4.80. The maximum Gasteiger partial charge on any atom is 0.221 e. The second-order valence-corrected chi connectivity index (χ2v) is 7.74. The smallest absolute Gasteiger partial charge is 0.221 e. The average Bonchev–Trinajstić information content (AvgIpc) is 3.15. The maximum absolute atomic E-state index is 12.8. The number of methoxy groups -OCH3 is 1. The summed E-state index contributed by atoms with van der Waals surface area (Å²) in [4.78, 5) is 17.6. The van der Waals surface area contributed by atoms with Gasteiger partial charge < -0.3 is 19.9 Å². The van der Waals surface area contributed by atoms with Crippen LogP contribution >= 0.6 is 0 Å². The highest BCUT2D eigenvalue weighted by Gasteiger charge is 2.24. The van der Waals surface area contributed by atoms with Gasteiger partial charge in [0.15, 0.2) is 0 Å². The Morgan fingerprint density at radius 1 is 1.14 bits per heavy atom. The van der Waals surface area contributed by atoms with Gasteiger partial charge in [0.25, 0.3) is 0 Å². The van der Waals surface area contributed by atoms with Crippen LogP contribution in [0.15, 0.2) is 48.7 Å². The zero-order valence-electron chi connectivity index (χ0n) is 17.8. The number of carbonyl (C=O) groups excluding carboxylic acids is 1.